The Bertz CT molecular complexity index is 2500. The molecule has 61 heavy (non-hydrogen) atoms. The van der Waals surface area contributed by atoms with Gasteiger partial charge in [0.25, 0.3) is 0 Å². The number of carbonyl (C=O) groups excluding carboxylic acids is 4. The Morgan fingerprint density at radius 3 is 1.85 bits per heavy atom. The van der Waals surface area contributed by atoms with E-state index in [1.54, 1.807) is 27.6 Å². The fourth-order valence-electron chi connectivity index (χ4n) is 8.91. The Kier molecular flexibility index (Phi) is 12.4. The number of nitrogens with zero attached hydrogens (tertiary/aromatic N) is 4. The monoisotopic (exact) mass is 859 g/mol. The van der Waals surface area contributed by atoms with Gasteiger partial charge in [-0.05, 0) is 65.3 Å². The maximum Gasteiger partial charge on any atom is 0.246 e. The number of hydrogen-bond donors (Lipinski definition) is 4. The molecule has 14 heteroatoms. The van der Waals surface area contributed by atoms with Gasteiger partial charge in [0.1, 0.15) is 24.5 Å². The summed E-state index contributed by atoms with van der Waals surface area (Å²) in [6.45, 7) is 9.76. The molecule has 4 amide bonds. The van der Waals surface area contributed by atoms with E-state index >= 15 is 0 Å². The first-order valence-electron chi connectivity index (χ1n) is 21.2. The minimum Gasteiger partial charge on any atom is -0.387 e. The van der Waals surface area contributed by atoms with Gasteiger partial charge in [-0.15, -0.1) is 22.7 Å². The van der Waals surface area contributed by atoms with Gasteiger partial charge >= 0.3 is 0 Å². The number of aliphatic hydroxyl groups excluding tert-OH is 1. The largest absolute Gasteiger partial charge is 0.387 e. The van der Waals surface area contributed by atoms with Crippen molar-refractivity contribution in [3.8, 4) is 33.5 Å². The molecular formula is C47H53N7O5S2. The average Bonchev–Trinajstić information content (AvgIpc) is 4.11. The minimum absolute atomic E-state index is 0.00560. The van der Waals surface area contributed by atoms with Crippen molar-refractivity contribution in [3.05, 3.63) is 83.1 Å². The molecule has 4 N–H and O–H groups in total. The summed E-state index contributed by atoms with van der Waals surface area (Å²) in [4.78, 5) is 67.7. The van der Waals surface area contributed by atoms with Gasteiger partial charge in [0, 0.05) is 60.2 Å². The molecule has 5 aromatic rings. The number of aliphatic imine (C=N–C) groups is 1. The van der Waals surface area contributed by atoms with Gasteiger partial charge in [-0.2, -0.15) is 0 Å². The summed E-state index contributed by atoms with van der Waals surface area (Å²) in [6.07, 6.45) is 7.88. The Hall–Kier alpha value is -5.44. The van der Waals surface area contributed by atoms with Crippen molar-refractivity contribution >= 4 is 67.0 Å². The van der Waals surface area contributed by atoms with Crippen LogP contribution in [-0.2, 0) is 19.2 Å². The number of likely N-dealkylation sites (tertiary alicyclic amines) is 2. The van der Waals surface area contributed by atoms with E-state index in [1.165, 1.54) is 27.5 Å². The smallest absolute Gasteiger partial charge is 0.246 e. The second kappa shape index (κ2) is 17.9. The van der Waals surface area contributed by atoms with E-state index in [4.69, 9.17) is 9.98 Å². The molecule has 2 unspecified atom stereocenters. The van der Waals surface area contributed by atoms with Crippen LogP contribution in [0.15, 0.2) is 76.7 Å². The van der Waals surface area contributed by atoms with Crippen molar-refractivity contribution in [2.45, 2.75) is 90.9 Å². The summed E-state index contributed by atoms with van der Waals surface area (Å²) in [5.41, 5.74) is 9.87. The van der Waals surface area contributed by atoms with Gasteiger partial charge in [0.15, 0.2) is 0 Å². The zero-order valence-corrected chi connectivity index (χ0v) is 36.9. The van der Waals surface area contributed by atoms with Crippen molar-refractivity contribution in [3.63, 3.8) is 0 Å². The van der Waals surface area contributed by atoms with Gasteiger partial charge in [0.2, 0.25) is 23.6 Å². The molecule has 2 fully saturated rings. The molecule has 8 rings (SSSR count). The van der Waals surface area contributed by atoms with Crippen LogP contribution in [0.4, 0.5) is 0 Å². The molecule has 0 bridgehead atoms. The van der Waals surface area contributed by atoms with Crippen molar-refractivity contribution in [2.75, 3.05) is 19.7 Å². The molecule has 0 aliphatic carbocycles. The average molecular weight is 860 g/mol. The molecule has 4 atom stereocenters. The van der Waals surface area contributed by atoms with Gasteiger partial charge < -0.3 is 30.5 Å². The molecule has 318 valence electrons. The number of imidazole rings is 1. The zero-order valence-electron chi connectivity index (χ0n) is 35.2. The number of aromatic amines is 1. The van der Waals surface area contributed by atoms with Gasteiger partial charge in [-0.1, -0.05) is 76.2 Å². The molecule has 0 radical (unpaired) electrons. The Balaban J connectivity index is 0.917. The summed E-state index contributed by atoms with van der Waals surface area (Å²) in [7, 11) is 0. The first-order chi connectivity index (χ1) is 29.4. The highest BCUT2D eigenvalue weighted by atomic mass is 32.1. The van der Waals surface area contributed by atoms with Crippen molar-refractivity contribution in [1.82, 2.24) is 30.4 Å². The number of carbonyl (C=O) groups is 4. The van der Waals surface area contributed by atoms with E-state index in [9.17, 15) is 24.3 Å². The van der Waals surface area contributed by atoms with Gasteiger partial charge in [-0.25, -0.2) is 4.98 Å². The molecule has 3 aliphatic heterocycles. The fraction of sp³-hybridized carbons (Fsp3) is 0.404. The first kappa shape index (κ1) is 42.3. The molecule has 0 saturated carbocycles. The number of rotatable bonds is 13. The van der Waals surface area contributed by atoms with Crippen LogP contribution in [0.3, 0.4) is 0 Å². The minimum atomic E-state index is -0.715. The lowest BCUT2D eigenvalue weighted by atomic mass is 9.96. The Labute approximate surface area is 364 Å². The van der Waals surface area contributed by atoms with Crippen molar-refractivity contribution in [1.29, 1.82) is 0 Å². The topological polar surface area (TPSA) is 160 Å². The van der Waals surface area contributed by atoms with Crippen LogP contribution in [0.2, 0.25) is 0 Å². The highest BCUT2D eigenvalue weighted by molar-refractivity contribution is 7.27. The number of amides is 4. The summed E-state index contributed by atoms with van der Waals surface area (Å²) in [6, 6.07) is 15.7. The van der Waals surface area contributed by atoms with E-state index in [0.717, 1.165) is 70.7 Å². The number of H-pyrrole nitrogens is 1. The van der Waals surface area contributed by atoms with Crippen LogP contribution in [0.25, 0.3) is 48.5 Å². The van der Waals surface area contributed by atoms with E-state index in [2.05, 4.69) is 74.9 Å². The standard InChI is InChI=1S/C47H53N7O5S2/c1-26(2)41(50-28(5)56)46(58)53-18-6-8-38(53)36-20-33(21-48-36)29-10-12-30(13-11-29)34-24-60-44-35(25-61-43(34)44)31-14-16-32(17-15-31)37-22-49-45(51-37)39-9-7-19-54(39)47(59)42(27(3)4)52-40(57)23-55/h10-17,21-22,24-27,38-39,41-42,55H,6-9,18-20,23H2,1-5H3,(H,49,51)(H,50,56)(H,52,57)/t38?,39?,41-,42-/m0/s1. The number of aliphatic hydroxyl groups is 1. The lowest BCUT2D eigenvalue weighted by Gasteiger charge is -2.31. The van der Waals surface area contributed by atoms with E-state index in [0.29, 0.717) is 19.5 Å². The zero-order chi connectivity index (χ0) is 42.9. The Morgan fingerprint density at radius 1 is 0.770 bits per heavy atom. The lowest BCUT2D eigenvalue weighted by molar-refractivity contribution is -0.139. The van der Waals surface area contributed by atoms with Crippen LogP contribution in [0, 0.1) is 11.8 Å². The molecule has 0 spiro atoms. The fourth-order valence-corrected chi connectivity index (χ4v) is 11.4. The van der Waals surface area contributed by atoms with Crippen molar-refractivity contribution in [2.24, 2.45) is 16.8 Å². The molecule has 3 aliphatic rings. The number of allylic oxidation sites excluding steroid dienone is 1. The molecule has 2 aromatic carbocycles. The number of aromatic nitrogens is 2. The van der Waals surface area contributed by atoms with Crippen LogP contribution in [0.1, 0.15) is 84.2 Å². The van der Waals surface area contributed by atoms with Crippen LogP contribution in [0.5, 0.6) is 0 Å². The normalized spacial score (nSPS) is 18.8. The molecule has 12 nitrogen and oxygen atoms in total. The number of thiophene rings is 2. The van der Waals surface area contributed by atoms with Crippen LogP contribution >= 0.6 is 22.7 Å². The molecular weight excluding hydrogens is 807 g/mol. The van der Waals surface area contributed by atoms with Crippen LogP contribution < -0.4 is 10.6 Å². The van der Waals surface area contributed by atoms with E-state index < -0.39 is 24.6 Å². The molecule has 3 aromatic heterocycles. The first-order valence-corrected chi connectivity index (χ1v) is 23.0. The van der Waals surface area contributed by atoms with E-state index in [-0.39, 0.29) is 41.6 Å². The Morgan fingerprint density at radius 2 is 1.30 bits per heavy atom. The van der Waals surface area contributed by atoms with E-state index in [1.807, 2.05) is 45.0 Å². The number of nitrogens with one attached hydrogen (secondary N) is 3. The van der Waals surface area contributed by atoms with Gasteiger partial charge in [0.05, 0.1) is 33.4 Å². The maximum atomic E-state index is 13.6. The summed E-state index contributed by atoms with van der Waals surface area (Å²) < 4.78 is 2.52. The predicted octanol–water partition coefficient (Wildman–Crippen LogP) is 7.82. The summed E-state index contributed by atoms with van der Waals surface area (Å²) >= 11 is 3.52. The third-order valence-electron chi connectivity index (χ3n) is 12.2. The number of benzene rings is 2. The third kappa shape index (κ3) is 8.58. The second-order valence-corrected chi connectivity index (χ2v) is 18.8. The van der Waals surface area contributed by atoms with Crippen molar-refractivity contribution < 1.29 is 24.3 Å². The SMILES string of the molecule is CC(=O)N[C@H](C(=O)N1CCCC1C1=NC=C(c2ccc(-c3csc4c(-c5ccc(-c6cnc(C7CCCN7C(=O)[C@@H](NC(=O)CO)C(C)C)[nH]6)cc5)csc34)cc2)C1)C(C)C. The predicted molar refractivity (Wildman–Crippen MR) is 243 cm³/mol. The molecule has 2 saturated heterocycles. The van der Waals surface area contributed by atoms with Crippen LogP contribution in [-0.4, -0.2) is 92.0 Å². The van der Waals surface area contributed by atoms with Gasteiger partial charge in [-0.3, -0.25) is 24.2 Å². The second-order valence-electron chi connectivity index (χ2n) is 17.0. The maximum absolute atomic E-state index is 13.6. The summed E-state index contributed by atoms with van der Waals surface area (Å²) in [5, 5.41) is 19.3. The molecule has 6 heterocycles. The number of hydrogen-bond acceptors (Lipinski definition) is 9. The quantitative estimate of drug-likeness (QED) is 0.0945. The highest BCUT2D eigenvalue weighted by Gasteiger charge is 2.39. The number of fused-ring (bicyclic) bond motifs is 1. The lowest BCUT2D eigenvalue weighted by Crippen LogP contribution is -2.53. The third-order valence-corrected chi connectivity index (χ3v) is 14.3. The summed E-state index contributed by atoms with van der Waals surface area (Å²) in [5.74, 6) is -0.351. The highest BCUT2D eigenvalue weighted by Crippen LogP contribution is 2.45.